The van der Waals surface area contributed by atoms with E-state index in [1.807, 2.05) is 0 Å². The zero-order chi connectivity index (χ0) is 9.98. The van der Waals surface area contributed by atoms with Gasteiger partial charge in [-0.2, -0.15) is 0 Å². The Labute approximate surface area is 107 Å². The average Bonchev–Trinajstić information content (AvgIpc) is 1.87. The van der Waals surface area contributed by atoms with E-state index in [-0.39, 0.29) is 50.8 Å². The number of nitrogens with one attached hydrogen (secondary N) is 2. The van der Waals surface area contributed by atoms with Crippen LogP contribution in [0.3, 0.4) is 0 Å². The fraction of sp³-hybridized carbons (Fsp3) is 0.667. The predicted molar refractivity (Wildman–Crippen MR) is 43.6 cm³/mol. The van der Waals surface area contributed by atoms with Gasteiger partial charge >= 0.3 is 37.7 Å². The molecule has 2 N–H and O–H groups in total. The molecule has 13 heavy (non-hydrogen) atoms. The van der Waals surface area contributed by atoms with Crippen LogP contribution in [0.25, 0.3) is 0 Å². The van der Waals surface area contributed by atoms with Gasteiger partial charge in [0, 0.05) is 13.1 Å². The Bertz CT molecular complexity index is 127. The minimum atomic E-state index is -1.07. The van der Waals surface area contributed by atoms with E-state index in [9.17, 15) is 19.8 Å². The smallest absolute Gasteiger partial charge is 0.549 e. The molecular formula is C6H12CaN2O4. The quantitative estimate of drug-likeness (QED) is 0.459. The van der Waals surface area contributed by atoms with Crippen LogP contribution < -0.4 is 20.8 Å². The second-order valence-corrected chi connectivity index (χ2v) is 1.80. The van der Waals surface area contributed by atoms with Gasteiger partial charge in [0.1, 0.15) is 0 Å². The van der Waals surface area contributed by atoms with Crippen LogP contribution in [0.4, 0.5) is 0 Å². The molecule has 0 aliphatic heterocycles. The van der Waals surface area contributed by atoms with Crippen molar-refractivity contribution in [2.45, 2.75) is 0 Å². The van der Waals surface area contributed by atoms with E-state index in [1.54, 1.807) is 14.1 Å². The van der Waals surface area contributed by atoms with Crippen molar-refractivity contribution in [1.82, 2.24) is 10.6 Å². The summed E-state index contributed by atoms with van der Waals surface area (Å²) in [5, 5.41) is 23.7. The van der Waals surface area contributed by atoms with Crippen molar-refractivity contribution >= 4 is 49.7 Å². The molecule has 0 saturated heterocycles. The van der Waals surface area contributed by atoms with Crippen molar-refractivity contribution in [3.8, 4) is 0 Å². The Hall–Kier alpha value is 0.120. The van der Waals surface area contributed by atoms with Crippen molar-refractivity contribution in [1.29, 1.82) is 0 Å². The Morgan fingerprint density at radius 2 is 1.23 bits per heavy atom. The molecule has 0 unspecified atom stereocenters. The summed E-state index contributed by atoms with van der Waals surface area (Å²) < 4.78 is 0. The molecule has 0 heterocycles. The number of hydrogen-bond donors (Lipinski definition) is 2. The summed E-state index contributed by atoms with van der Waals surface area (Å²) >= 11 is 0. The van der Waals surface area contributed by atoms with Gasteiger partial charge in [-0.1, -0.05) is 0 Å². The van der Waals surface area contributed by atoms with Gasteiger partial charge in [0.05, 0.1) is 11.9 Å². The maximum Gasteiger partial charge on any atom is 2.00 e. The number of carboxylic acids is 2. The number of carbonyl (C=O) groups excluding carboxylic acids is 2. The van der Waals surface area contributed by atoms with Gasteiger partial charge in [0.25, 0.3) is 0 Å². The third kappa shape index (κ3) is 33.1. The van der Waals surface area contributed by atoms with E-state index in [1.165, 1.54) is 0 Å². The molecule has 0 fully saturated rings. The number of likely N-dealkylation sites (N-methyl/N-ethyl adjacent to an activating group) is 2. The van der Waals surface area contributed by atoms with E-state index in [0.717, 1.165) is 0 Å². The first kappa shape index (κ1) is 18.8. The van der Waals surface area contributed by atoms with Crippen LogP contribution in [-0.2, 0) is 9.59 Å². The second kappa shape index (κ2) is 14.6. The first-order chi connectivity index (χ1) is 5.54. The van der Waals surface area contributed by atoms with Crippen LogP contribution in [0.15, 0.2) is 0 Å². The van der Waals surface area contributed by atoms with E-state index >= 15 is 0 Å². The normalized spacial score (nSPS) is 7.54. The molecule has 0 saturated carbocycles. The molecule has 0 radical (unpaired) electrons. The Kier molecular flexibility index (Phi) is 21.2. The molecule has 0 aromatic carbocycles. The summed E-state index contributed by atoms with van der Waals surface area (Å²) in [6.45, 7) is -0.139. The first-order valence-electron chi connectivity index (χ1n) is 3.23. The van der Waals surface area contributed by atoms with Crippen LogP contribution in [0.2, 0.25) is 0 Å². The molecule has 0 amide bonds. The molecule has 0 aliphatic carbocycles. The van der Waals surface area contributed by atoms with Gasteiger partial charge in [-0.3, -0.25) is 0 Å². The number of hydrogen-bond acceptors (Lipinski definition) is 6. The zero-order valence-electron chi connectivity index (χ0n) is 7.75. The molecule has 0 rings (SSSR count). The third-order valence-electron chi connectivity index (χ3n) is 0.642. The number of carbonyl (C=O) groups is 2. The first-order valence-corrected chi connectivity index (χ1v) is 3.23. The van der Waals surface area contributed by atoms with Crippen LogP contribution in [0.1, 0.15) is 0 Å². The monoisotopic (exact) mass is 216 g/mol. The van der Waals surface area contributed by atoms with Gasteiger partial charge in [0.2, 0.25) is 0 Å². The SMILES string of the molecule is CNCC(=O)[O-].CNCC(=O)[O-].[Ca+2]. The minimum Gasteiger partial charge on any atom is -0.549 e. The molecule has 0 atom stereocenters. The number of rotatable bonds is 4. The molecule has 7 heteroatoms. The Morgan fingerprint density at radius 3 is 1.23 bits per heavy atom. The second-order valence-electron chi connectivity index (χ2n) is 1.80. The summed E-state index contributed by atoms with van der Waals surface area (Å²) in [4.78, 5) is 18.9. The Morgan fingerprint density at radius 1 is 1.00 bits per heavy atom. The summed E-state index contributed by atoms with van der Waals surface area (Å²) in [5.74, 6) is -2.14. The summed E-state index contributed by atoms with van der Waals surface area (Å²) in [5.41, 5.74) is 0. The van der Waals surface area contributed by atoms with Gasteiger partial charge in [-0.05, 0) is 14.1 Å². The van der Waals surface area contributed by atoms with Crippen LogP contribution >= 0.6 is 0 Å². The molecule has 0 aromatic heterocycles. The van der Waals surface area contributed by atoms with Gasteiger partial charge in [0.15, 0.2) is 0 Å². The largest absolute Gasteiger partial charge is 2.00 e. The van der Waals surface area contributed by atoms with Crippen molar-refractivity contribution in [3.63, 3.8) is 0 Å². The van der Waals surface area contributed by atoms with Crippen LogP contribution in [0.5, 0.6) is 0 Å². The van der Waals surface area contributed by atoms with Crippen molar-refractivity contribution < 1.29 is 19.8 Å². The van der Waals surface area contributed by atoms with Crippen molar-refractivity contribution in [3.05, 3.63) is 0 Å². The van der Waals surface area contributed by atoms with Crippen LogP contribution in [-0.4, -0.2) is 76.9 Å². The maximum atomic E-state index is 9.43. The molecule has 6 nitrogen and oxygen atoms in total. The van der Waals surface area contributed by atoms with Gasteiger partial charge in [-0.15, -0.1) is 0 Å². The summed E-state index contributed by atoms with van der Waals surface area (Å²) in [6.07, 6.45) is 0. The average molecular weight is 216 g/mol. The minimum absolute atomic E-state index is 0. The maximum absolute atomic E-state index is 9.43. The van der Waals surface area contributed by atoms with E-state index in [0.29, 0.717) is 0 Å². The van der Waals surface area contributed by atoms with Crippen LogP contribution in [0, 0.1) is 0 Å². The molecule has 0 aliphatic rings. The van der Waals surface area contributed by atoms with E-state index in [4.69, 9.17) is 0 Å². The summed E-state index contributed by atoms with van der Waals surface area (Å²) in [6, 6.07) is 0. The van der Waals surface area contributed by atoms with E-state index in [2.05, 4.69) is 10.6 Å². The van der Waals surface area contributed by atoms with Gasteiger partial charge < -0.3 is 30.4 Å². The van der Waals surface area contributed by atoms with E-state index < -0.39 is 11.9 Å². The molecular weight excluding hydrogens is 204 g/mol. The summed E-state index contributed by atoms with van der Waals surface area (Å²) in [7, 11) is 3.10. The fourth-order valence-electron chi connectivity index (χ4n) is 0.289. The topological polar surface area (TPSA) is 104 Å². The zero-order valence-corrected chi connectivity index (χ0v) is 9.96. The van der Waals surface area contributed by atoms with Crippen molar-refractivity contribution in [2.75, 3.05) is 27.2 Å². The standard InChI is InChI=1S/2C3H7NO2.Ca/c2*1-4-2-3(5)6;/h2*4H,2H2,1H3,(H,5,6);/q;;+2/p-2. The molecule has 72 valence electrons. The van der Waals surface area contributed by atoms with Crippen molar-refractivity contribution in [2.24, 2.45) is 0 Å². The fourth-order valence-corrected chi connectivity index (χ4v) is 0.289. The predicted octanol–water partition coefficient (Wildman–Crippen LogP) is -4.47. The number of carboxylic acid groups (broad SMARTS) is 2. The van der Waals surface area contributed by atoms with Gasteiger partial charge in [-0.25, -0.2) is 0 Å². The number of aliphatic carboxylic acids is 2. The molecule has 0 spiro atoms. The molecule has 0 aromatic rings. The molecule has 0 bridgehead atoms. The Balaban J connectivity index is -0.000000143. The third-order valence-corrected chi connectivity index (χ3v) is 0.642.